The number of anilines is 1. The van der Waals surface area contributed by atoms with Gasteiger partial charge in [-0.1, -0.05) is 30.0 Å². The standard InChI is InChI=1S/C22H28N6O3S/c1-4-26-14-17(21(25-26)31-5-2)20-23-24-22(28(20)12-13-30-3)32-15-19(29)27-11-10-16-8-6-7-9-18(16)27/h6-9,14H,4-5,10-13,15H2,1-3H3. The molecule has 9 nitrogen and oxygen atoms in total. The molecule has 3 aromatic rings. The van der Waals surface area contributed by atoms with Gasteiger partial charge in [0, 0.05) is 32.1 Å². The Morgan fingerprint density at radius 2 is 2.06 bits per heavy atom. The number of methoxy groups -OCH3 is 1. The molecule has 0 saturated heterocycles. The van der Waals surface area contributed by atoms with E-state index in [1.807, 2.05) is 52.4 Å². The number of aryl methyl sites for hydroxylation is 1. The van der Waals surface area contributed by atoms with Crippen LogP contribution in [0.25, 0.3) is 11.4 Å². The summed E-state index contributed by atoms with van der Waals surface area (Å²) in [6, 6.07) is 8.07. The molecule has 0 saturated carbocycles. The molecule has 1 aliphatic rings. The van der Waals surface area contributed by atoms with Crippen molar-refractivity contribution >= 4 is 23.4 Å². The average molecular weight is 457 g/mol. The second-order valence-electron chi connectivity index (χ2n) is 7.30. The Hall–Kier alpha value is -2.85. The Balaban J connectivity index is 1.55. The van der Waals surface area contributed by atoms with Gasteiger partial charge in [0.2, 0.25) is 11.8 Å². The van der Waals surface area contributed by atoms with E-state index in [1.165, 1.54) is 17.3 Å². The molecular formula is C22H28N6O3S. The van der Waals surface area contributed by atoms with Crippen molar-refractivity contribution in [2.75, 3.05) is 37.5 Å². The Kier molecular flexibility index (Phi) is 7.11. The zero-order chi connectivity index (χ0) is 22.5. The van der Waals surface area contributed by atoms with Gasteiger partial charge in [0.1, 0.15) is 5.56 Å². The normalized spacial score (nSPS) is 12.9. The number of carbonyl (C=O) groups excluding carboxylic acids is 1. The SMILES string of the molecule is CCOc1nn(CC)cc1-c1nnc(SCC(=O)N2CCc3ccccc32)n1CCOC. The topological polar surface area (TPSA) is 87.3 Å². The third kappa shape index (κ3) is 4.51. The lowest BCUT2D eigenvalue weighted by Crippen LogP contribution is -2.30. The van der Waals surface area contributed by atoms with Crippen LogP contribution in [0.3, 0.4) is 0 Å². The Labute approximate surface area is 191 Å². The average Bonchev–Trinajstić information content (AvgIpc) is 3.52. The summed E-state index contributed by atoms with van der Waals surface area (Å²) in [4.78, 5) is 14.8. The number of nitrogens with zero attached hydrogens (tertiary/aromatic N) is 6. The van der Waals surface area contributed by atoms with Gasteiger partial charge in [0.05, 0.1) is 25.5 Å². The van der Waals surface area contributed by atoms with Crippen LogP contribution in [0.15, 0.2) is 35.6 Å². The number of fused-ring (bicyclic) bond motifs is 1. The second-order valence-corrected chi connectivity index (χ2v) is 8.24. The summed E-state index contributed by atoms with van der Waals surface area (Å²) in [7, 11) is 1.66. The summed E-state index contributed by atoms with van der Waals surface area (Å²) in [6.07, 6.45) is 2.81. The number of thioether (sulfide) groups is 1. The number of aromatic nitrogens is 5. The maximum absolute atomic E-state index is 13.0. The van der Waals surface area contributed by atoms with Gasteiger partial charge in [-0.05, 0) is 31.9 Å². The first-order chi connectivity index (χ1) is 15.7. The molecule has 10 heteroatoms. The largest absolute Gasteiger partial charge is 0.476 e. The predicted molar refractivity (Wildman–Crippen MR) is 123 cm³/mol. The summed E-state index contributed by atoms with van der Waals surface area (Å²) in [6.45, 7) is 6.95. The van der Waals surface area contributed by atoms with E-state index in [1.54, 1.807) is 7.11 Å². The summed E-state index contributed by atoms with van der Waals surface area (Å²) >= 11 is 1.39. The van der Waals surface area contributed by atoms with Crippen molar-refractivity contribution in [1.29, 1.82) is 0 Å². The fourth-order valence-electron chi connectivity index (χ4n) is 3.74. The molecule has 0 unspecified atom stereocenters. The Bertz CT molecular complexity index is 1080. The molecule has 1 aliphatic heterocycles. The fraction of sp³-hybridized carbons (Fsp3) is 0.455. The smallest absolute Gasteiger partial charge is 0.243 e. The molecule has 0 fully saturated rings. The van der Waals surface area contributed by atoms with Gasteiger partial charge in [0.15, 0.2) is 11.0 Å². The maximum Gasteiger partial charge on any atom is 0.243 e. The van der Waals surface area contributed by atoms with Crippen molar-refractivity contribution < 1.29 is 14.3 Å². The van der Waals surface area contributed by atoms with Crippen molar-refractivity contribution in [3.63, 3.8) is 0 Å². The van der Waals surface area contributed by atoms with Gasteiger partial charge in [0.25, 0.3) is 0 Å². The van der Waals surface area contributed by atoms with E-state index in [0.717, 1.165) is 24.2 Å². The minimum Gasteiger partial charge on any atom is -0.476 e. The summed E-state index contributed by atoms with van der Waals surface area (Å²) in [5, 5.41) is 14.0. The van der Waals surface area contributed by atoms with Gasteiger partial charge >= 0.3 is 0 Å². The molecule has 0 radical (unpaired) electrons. The molecule has 32 heavy (non-hydrogen) atoms. The lowest BCUT2D eigenvalue weighted by atomic mass is 10.2. The number of carbonyl (C=O) groups is 1. The highest BCUT2D eigenvalue weighted by Gasteiger charge is 2.26. The summed E-state index contributed by atoms with van der Waals surface area (Å²) in [5.41, 5.74) is 3.00. The highest BCUT2D eigenvalue weighted by atomic mass is 32.2. The summed E-state index contributed by atoms with van der Waals surface area (Å²) < 4.78 is 14.8. The van der Waals surface area contributed by atoms with E-state index in [4.69, 9.17) is 9.47 Å². The highest BCUT2D eigenvalue weighted by Crippen LogP contribution is 2.32. The van der Waals surface area contributed by atoms with E-state index in [9.17, 15) is 4.79 Å². The van der Waals surface area contributed by atoms with Crippen LogP contribution in [0.2, 0.25) is 0 Å². The quantitative estimate of drug-likeness (QED) is 0.434. The van der Waals surface area contributed by atoms with Crippen molar-refractivity contribution in [3.8, 4) is 17.3 Å². The van der Waals surface area contributed by atoms with Crippen LogP contribution in [-0.4, -0.2) is 63.1 Å². The first-order valence-electron chi connectivity index (χ1n) is 10.8. The lowest BCUT2D eigenvalue weighted by molar-refractivity contribution is -0.116. The highest BCUT2D eigenvalue weighted by molar-refractivity contribution is 7.99. The van der Waals surface area contributed by atoms with Crippen molar-refractivity contribution in [1.82, 2.24) is 24.5 Å². The lowest BCUT2D eigenvalue weighted by Gasteiger charge is -2.17. The first-order valence-corrected chi connectivity index (χ1v) is 11.8. The second kappa shape index (κ2) is 10.2. The molecule has 0 N–H and O–H groups in total. The number of ether oxygens (including phenoxy) is 2. The molecule has 170 valence electrons. The number of benzene rings is 1. The van der Waals surface area contributed by atoms with E-state index in [2.05, 4.69) is 21.4 Å². The third-order valence-electron chi connectivity index (χ3n) is 5.32. The van der Waals surface area contributed by atoms with Crippen molar-refractivity contribution in [3.05, 3.63) is 36.0 Å². The molecular weight excluding hydrogens is 428 g/mol. The monoisotopic (exact) mass is 456 g/mol. The first kappa shape index (κ1) is 22.3. The predicted octanol–water partition coefficient (Wildman–Crippen LogP) is 2.89. The van der Waals surface area contributed by atoms with E-state index < -0.39 is 0 Å². The molecule has 1 aromatic carbocycles. The van der Waals surface area contributed by atoms with Crippen LogP contribution < -0.4 is 9.64 Å². The minimum absolute atomic E-state index is 0.0663. The molecule has 3 heterocycles. The number of hydrogen-bond acceptors (Lipinski definition) is 7. The fourth-order valence-corrected chi connectivity index (χ4v) is 4.58. The molecule has 1 amide bonds. The minimum atomic E-state index is 0.0663. The Morgan fingerprint density at radius 1 is 1.22 bits per heavy atom. The molecule has 0 spiro atoms. The molecule has 0 bridgehead atoms. The zero-order valence-corrected chi connectivity index (χ0v) is 19.5. The van der Waals surface area contributed by atoms with Gasteiger partial charge in [-0.25, -0.2) is 0 Å². The van der Waals surface area contributed by atoms with Crippen LogP contribution in [0, 0.1) is 0 Å². The van der Waals surface area contributed by atoms with Crippen molar-refractivity contribution in [2.45, 2.75) is 38.5 Å². The molecule has 0 atom stereocenters. The third-order valence-corrected chi connectivity index (χ3v) is 6.27. The number of hydrogen-bond donors (Lipinski definition) is 0. The Morgan fingerprint density at radius 3 is 2.84 bits per heavy atom. The van der Waals surface area contributed by atoms with Crippen LogP contribution in [0.4, 0.5) is 5.69 Å². The van der Waals surface area contributed by atoms with Crippen LogP contribution in [0.1, 0.15) is 19.4 Å². The van der Waals surface area contributed by atoms with Gasteiger partial charge in [-0.3, -0.25) is 14.0 Å². The van der Waals surface area contributed by atoms with Crippen LogP contribution >= 0.6 is 11.8 Å². The maximum atomic E-state index is 13.0. The number of amides is 1. The molecule has 0 aliphatic carbocycles. The van der Waals surface area contributed by atoms with E-state index in [-0.39, 0.29) is 11.7 Å². The van der Waals surface area contributed by atoms with Gasteiger partial charge in [-0.2, -0.15) is 0 Å². The van der Waals surface area contributed by atoms with E-state index in [0.29, 0.717) is 43.2 Å². The van der Waals surface area contributed by atoms with Gasteiger partial charge < -0.3 is 14.4 Å². The summed E-state index contributed by atoms with van der Waals surface area (Å²) in [5.74, 6) is 1.54. The van der Waals surface area contributed by atoms with E-state index >= 15 is 0 Å². The van der Waals surface area contributed by atoms with Crippen LogP contribution in [0.5, 0.6) is 5.88 Å². The molecule has 2 aromatic heterocycles. The molecule has 4 rings (SSSR count). The zero-order valence-electron chi connectivity index (χ0n) is 18.7. The number of para-hydroxylation sites is 1. The van der Waals surface area contributed by atoms with Gasteiger partial charge in [-0.15, -0.1) is 15.3 Å². The van der Waals surface area contributed by atoms with Crippen LogP contribution in [-0.2, 0) is 29.0 Å². The number of rotatable bonds is 10. The van der Waals surface area contributed by atoms with Crippen molar-refractivity contribution in [2.24, 2.45) is 0 Å².